The fourth-order valence-electron chi connectivity index (χ4n) is 1.95. The normalized spacial score (nSPS) is 28.0. The van der Waals surface area contributed by atoms with Gasteiger partial charge in [0.2, 0.25) is 0 Å². The topological polar surface area (TPSA) is 35.5 Å². The molecule has 0 aliphatic heterocycles. The maximum atomic E-state index is 10.6. The molecular formula is C12H20O3. The van der Waals surface area contributed by atoms with Crippen LogP contribution in [0, 0.1) is 17.3 Å². The SMILES string of the molecule is CCOC[C@@H]1[C@H](C=COC(C)=O)C1(C)C. The van der Waals surface area contributed by atoms with Crippen molar-refractivity contribution in [3.05, 3.63) is 12.3 Å². The van der Waals surface area contributed by atoms with Crippen molar-refractivity contribution in [2.75, 3.05) is 13.2 Å². The van der Waals surface area contributed by atoms with Gasteiger partial charge < -0.3 is 9.47 Å². The van der Waals surface area contributed by atoms with Crippen molar-refractivity contribution < 1.29 is 14.3 Å². The van der Waals surface area contributed by atoms with Crippen LogP contribution in [0.3, 0.4) is 0 Å². The summed E-state index contributed by atoms with van der Waals surface area (Å²) in [6, 6.07) is 0. The molecule has 1 rings (SSSR count). The van der Waals surface area contributed by atoms with Crippen molar-refractivity contribution in [1.29, 1.82) is 0 Å². The molecule has 3 heteroatoms. The molecule has 1 aliphatic carbocycles. The van der Waals surface area contributed by atoms with Crippen LogP contribution in [-0.4, -0.2) is 19.2 Å². The minimum atomic E-state index is -0.272. The van der Waals surface area contributed by atoms with Crippen molar-refractivity contribution in [1.82, 2.24) is 0 Å². The van der Waals surface area contributed by atoms with Crippen LogP contribution in [0.15, 0.2) is 12.3 Å². The van der Waals surface area contributed by atoms with Gasteiger partial charge in [0.05, 0.1) is 12.9 Å². The van der Waals surface area contributed by atoms with E-state index in [-0.39, 0.29) is 11.4 Å². The van der Waals surface area contributed by atoms with Gasteiger partial charge in [0.25, 0.3) is 0 Å². The van der Waals surface area contributed by atoms with Gasteiger partial charge in [-0.1, -0.05) is 13.8 Å². The highest BCUT2D eigenvalue weighted by atomic mass is 16.5. The lowest BCUT2D eigenvalue weighted by molar-refractivity contribution is -0.135. The first kappa shape index (κ1) is 12.2. The van der Waals surface area contributed by atoms with E-state index in [0.29, 0.717) is 11.8 Å². The summed E-state index contributed by atoms with van der Waals surface area (Å²) >= 11 is 0. The summed E-state index contributed by atoms with van der Waals surface area (Å²) in [7, 11) is 0. The molecule has 1 fully saturated rings. The Labute approximate surface area is 91.4 Å². The van der Waals surface area contributed by atoms with E-state index in [1.165, 1.54) is 13.2 Å². The highest BCUT2D eigenvalue weighted by Gasteiger charge is 2.55. The number of hydrogen-bond acceptors (Lipinski definition) is 3. The molecule has 0 N–H and O–H groups in total. The third kappa shape index (κ3) is 3.06. The van der Waals surface area contributed by atoms with E-state index in [0.717, 1.165) is 13.2 Å². The van der Waals surface area contributed by atoms with E-state index in [1.807, 2.05) is 13.0 Å². The van der Waals surface area contributed by atoms with Crippen molar-refractivity contribution in [2.45, 2.75) is 27.7 Å². The Morgan fingerprint density at radius 3 is 2.67 bits per heavy atom. The van der Waals surface area contributed by atoms with E-state index >= 15 is 0 Å². The number of ether oxygens (including phenoxy) is 2. The Hall–Kier alpha value is -0.830. The second-order valence-corrected chi connectivity index (χ2v) is 4.55. The van der Waals surface area contributed by atoms with Gasteiger partial charge in [-0.3, -0.25) is 4.79 Å². The molecule has 3 nitrogen and oxygen atoms in total. The molecule has 0 aromatic rings. The van der Waals surface area contributed by atoms with E-state index < -0.39 is 0 Å². The lowest BCUT2D eigenvalue weighted by Crippen LogP contribution is -2.00. The highest BCUT2D eigenvalue weighted by Crippen LogP contribution is 2.58. The average molecular weight is 212 g/mol. The zero-order chi connectivity index (χ0) is 11.5. The second-order valence-electron chi connectivity index (χ2n) is 4.55. The molecule has 0 saturated heterocycles. The van der Waals surface area contributed by atoms with Gasteiger partial charge in [-0.25, -0.2) is 0 Å². The quantitative estimate of drug-likeness (QED) is 0.518. The first-order chi connectivity index (χ1) is 7.00. The number of esters is 1. The van der Waals surface area contributed by atoms with Crippen molar-refractivity contribution in [3.63, 3.8) is 0 Å². The Morgan fingerprint density at radius 1 is 1.47 bits per heavy atom. The van der Waals surface area contributed by atoms with Crippen molar-refractivity contribution in [2.24, 2.45) is 17.3 Å². The van der Waals surface area contributed by atoms with Gasteiger partial charge in [0.1, 0.15) is 0 Å². The fourth-order valence-corrected chi connectivity index (χ4v) is 1.95. The molecule has 0 bridgehead atoms. The number of allylic oxidation sites excluding steroid dienone is 1. The summed E-state index contributed by atoms with van der Waals surface area (Å²) in [5.41, 5.74) is 0.270. The molecule has 86 valence electrons. The maximum absolute atomic E-state index is 10.6. The van der Waals surface area contributed by atoms with Crippen LogP contribution < -0.4 is 0 Å². The molecule has 0 spiro atoms. The molecule has 0 unspecified atom stereocenters. The Bertz CT molecular complexity index is 256. The van der Waals surface area contributed by atoms with Gasteiger partial charge in [0.15, 0.2) is 0 Å². The third-order valence-corrected chi connectivity index (χ3v) is 3.16. The van der Waals surface area contributed by atoms with Crippen LogP contribution in [0.5, 0.6) is 0 Å². The molecule has 1 saturated carbocycles. The van der Waals surface area contributed by atoms with Crippen LogP contribution in [-0.2, 0) is 14.3 Å². The van der Waals surface area contributed by atoms with Crippen LogP contribution in [0.1, 0.15) is 27.7 Å². The number of carbonyl (C=O) groups excluding carboxylic acids is 1. The lowest BCUT2D eigenvalue weighted by Gasteiger charge is -2.01. The van der Waals surface area contributed by atoms with Gasteiger partial charge in [-0.05, 0) is 30.3 Å². The van der Waals surface area contributed by atoms with Crippen LogP contribution >= 0.6 is 0 Å². The molecule has 0 aromatic heterocycles. The van der Waals surface area contributed by atoms with Gasteiger partial charge >= 0.3 is 5.97 Å². The van der Waals surface area contributed by atoms with Crippen LogP contribution in [0.25, 0.3) is 0 Å². The number of carbonyl (C=O) groups is 1. The van der Waals surface area contributed by atoms with Gasteiger partial charge in [-0.15, -0.1) is 0 Å². The Kier molecular flexibility index (Phi) is 3.91. The molecular weight excluding hydrogens is 192 g/mol. The number of hydrogen-bond donors (Lipinski definition) is 0. The predicted molar refractivity (Wildman–Crippen MR) is 58.2 cm³/mol. The summed E-state index contributed by atoms with van der Waals surface area (Å²) in [6.07, 6.45) is 3.46. The molecule has 0 radical (unpaired) electrons. The highest BCUT2D eigenvalue weighted by molar-refractivity contribution is 5.66. The van der Waals surface area contributed by atoms with E-state index in [2.05, 4.69) is 13.8 Å². The summed E-state index contributed by atoms with van der Waals surface area (Å²) in [5, 5.41) is 0. The van der Waals surface area contributed by atoms with E-state index in [9.17, 15) is 4.79 Å². The van der Waals surface area contributed by atoms with Gasteiger partial charge in [-0.2, -0.15) is 0 Å². The third-order valence-electron chi connectivity index (χ3n) is 3.16. The Balaban J connectivity index is 2.37. The second kappa shape index (κ2) is 4.79. The molecule has 0 aromatic carbocycles. The molecule has 1 aliphatic rings. The first-order valence-electron chi connectivity index (χ1n) is 5.41. The summed E-state index contributed by atoms with van der Waals surface area (Å²) < 4.78 is 10.2. The maximum Gasteiger partial charge on any atom is 0.307 e. The summed E-state index contributed by atoms with van der Waals surface area (Å²) in [5.74, 6) is 0.735. The van der Waals surface area contributed by atoms with E-state index in [1.54, 1.807) is 0 Å². The minimum Gasteiger partial charge on any atom is -0.435 e. The van der Waals surface area contributed by atoms with Crippen LogP contribution in [0.2, 0.25) is 0 Å². The minimum absolute atomic E-state index is 0.270. The van der Waals surface area contributed by atoms with Crippen molar-refractivity contribution >= 4 is 5.97 Å². The van der Waals surface area contributed by atoms with Gasteiger partial charge in [0, 0.05) is 13.5 Å². The Morgan fingerprint density at radius 2 is 2.13 bits per heavy atom. The molecule has 0 heterocycles. The zero-order valence-electron chi connectivity index (χ0n) is 9.95. The van der Waals surface area contributed by atoms with E-state index in [4.69, 9.17) is 9.47 Å². The fraction of sp³-hybridized carbons (Fsp3) is 0.750. The summed E-state index contributed by atoms with van der Waals surface area (Å²) in [6.45, 7) is 9.36. The lowest BCUT2D eigenvalue weighted by atomic mass is 10.1. The molecule has 15 heavy (non-hydrogen) atoms. The number of rotatable bonds is 5. The molecule has 0 amide bonds. The average Bonchev–Trinajstić information content (AvgIpc) is 2.64. The first-order valence-corrected chi connectivity index (χ1v) is 5.41. The molecule has 2 atom stereocenters. The standard InChI is InChI=1S/C12H20O3/c1-5-14-8-11-10(12(11,3)4)6-7-15-9(2)13/h6-7,10-11H,5,8H2,1-4H3/t10-,11+/m0/s1. The largest absolute Gasteiger partial charge is 0.435 e. The van der Waals surface area contributed by atoms with Crippen molar-refractivity contribution in [3.8, 4) is 0 Å². The zero-order valence-corrected chi connectivity index (χ0v) is 9.95. The summed E-state index contributed by atoms with van der Waals surface area (Å²) in [4.78, 5) is 10.6. The van der Waals surface area contributed by atoms with Crippen LogP contribution in [0.4, 0.5) is 0 Å². The monoisotopic (exact) mass is 212 g/mol. The smallest absolute Gasteiger partial charge is 0.307 e. The predicted octanol–water partition coefficient (Wildman–Crippen LogP) is 2.37.